The number of rotatable bonds is 3. The Labute approximate surface area is 88.5 Å². The second kappa shape index (κ2) is 4.28. The van der Waals surface area contributed by atoms with E-state index < -0.39 is 27.0 Å². The summed E-state index contributed by atoms with van der Waals surface area (Å²) in [7, 11) is -3.34. The van der Waals surface area contributed by atoms with Gasteiger partial charge in [0.25, 0.3) is 0 Å². The van der Waals surface area contributed by atoms with Gasteiger partial charge in [0.1, 0.15) is 5.82 Å². The summed E-state index contributed by atoms with van der Waals surface area (Å²) in [6.07, 6.45) is -0.157. The van der Waals surface area contributed by atoms with Gasteiger partial charge in [-0.1, -0.05) is 12.1 Å². The third-order valence-corrected chi connectivity index (χ3v) is 3.92. The molecule has 0 saturated heterocycles. The van der Waals surface area contributed by atoms with Crippen LogP contribution >= 0.6 is 0 Å². The third kappa shape index (κ3) is 3.00. The molecule has 0 saturated carbocycles. The molecule has 0 aliphatic heterocycles. The zero-order valence-corrected chi connectivity index (χ0v) is 9.33. The van der Waals surface area contributed by atoms with Crippen molar-refractivity contribution in [1.82, 2.24) is 0 Å². The van der Waals surface area contributed by atoms with Gasteiger partial charge in [-0.3, -0.25) is 0 Å². The largest absolute Gasteiger partial charge is 0.387 e. The fourth-order valence-electron chi connectivity index (χ4n) is 1.20. The molecule has 3 nitrogen and oxygen atoms in total. The molecular weight excluding hydrogens is 219 g/mol. The molecule has 1 aromatic carbocycles. The van der Waals surface area contributed by atoms with E-state index in [0.717, 1.165) is 12.3 Å². The molecule has 0 radical (unpaired) electrons. The summed E-state index contributed by atoms with van der Waals surface area (Å²) < 4.78 is 35.2. The number of halogens is 1. The molecule has 0 bridgehead atoms. The van der Waals surface area contributed by atoms with Crippen molar-refractivity contribution in [2.45, 2.75) is 18.3 Å². The van der Waals surface area contributed by atoms with Crippen LogP contribution < -0.4 is 0 Å². The Balaban J connectivity index is 3.00. The quantitative estimate of drug-likeness (QED) is 0.854. The zero-order valence-electron chi connectivity index (χ0n) is 8.51. The second-order valence-corrected chi connectivity index (χ2v) is 5.94. The highest BCUT2D eigenvalue weighted by Gasteiger charge is 2.25. The van der Waals surface area contributed by atoms with Gasteiger partial charge in [-0.2, -0.15) is 0 Å². The molecule has 0 heterocycles. The van der Waals surface area contributed by atoms with Crippen molar-refractivity contribution < 1.29 is 17.9 Å². The fourth-order valence-corrected chi connectivity index (χ4v) is 1.82. The van der Waals surface area contributed by atoms with E-state index in [1.807, 2.05) is 0 Å². The maximum atomic E-state index is 12.8. The van der Waals surface area contributed by atoms with Gasteiger partial charge in [0.05, 0.1) is 11.4 Å². The molecule has 15 heavy (non-hydrogen) atoms. The van der Waals surface area contributed by atoms with Gasteiger partial charge in [0.15, 0.2) is 9.84 Å². The topological polar surface area (TPSA) is 54.4 Å². The first-order valence-corrected chi connectivity index (χ1v) is 6.40. The summed E-state index contributed by atoms with van der Waals surface area (Å²) in [5, 5.41) is 8.76. The van der Waals surface area contributed by atoms with Crippen molar-refractivity contribution in [3.05, 3.63) is 35.6 Å². The Bertz CT molecular complexity index is 442. The van der Waals surface area contributed by atoms with Crippen LogP contribution in [-0.2, 0) is 9.84 Å². The molecule has 0 fully saturated rings. The highest BCUT2D eigenvalue weighted by atomic mass is 32.2. The lowest BCUT2D eigenvalue weighted by Gasteiger charge is -2.17. The minimum atomic E-state index is -3.34. The molecule has 2 atom stereocenters. The normalized spacial score (nSPS) is 16.0. The van der Waals surface area contributed by atoms with Gasteiger partial charge in [-0.05, 0) is 24.6 Å². The van der Waals surface area contributed by atoms with E-state index in [2.05, 4.69) is 0 Å². The molecular formula is C10H13FO3S. The lowest BCUT2D eigenvalue weighted by molar-refractivity contribution is 0.176. The molecule has 1 aromatic rings. The monoisotopic (exact) mass is 232 g/mol. The van der Waals surface area contributed by atoms with Crippen molar-refractivity contribution >= 4 is 9.84 Å². The first-order chi connectivity index (χ1) is 6.82. The number of sulfone groups is 1. The molecule has 84 valence electrons. The number of hydrogen-bond acceptors (Lipinski definition) is 3. The molecule has 1 N–H and O–H groups in total. The highest BCUT2D eigenvalue weighted by Crippen LogP contribution is 2.21. The minimum Gasteiger partial charge on any atom is -0.387 e. The Kier molecular flexibility index (Phi) is 3.46. The average Bonchev–Trinajstić information content (AvgIpc) is 2.14. The number of hydrogen-bond donors (Lipinski definition) is 1. The molecule has 0 unspecified atom stereocenters. The standard InChI is InChI=1S/C10H13FO3S/c1-7(15(2,13)14)10(12)8-4-3-5-9(11)6-8/h3-7,10,12H,1-2H3/t7-,10+/m1/s1. The van der Waals surface area contributed by atoms with E-state index >= 15 is 0 Å². The summed E-state index contributed by atoms with van der Waals surface area (Å²) in [5.41, 5.74) is 0.271. The Morgan fingerprint density at radius 3 is 2.47 bits per heavy atom. The lowest BCUT2D eigenvalue weighted by Crippen LogP contribution is -2.24. The summed E-state index contributed by atoms with van der Waals surface area (Å²) >= 11 is 0. The van der Waals surface area contributed by atoms with Crippen molar-refractivity contribution in [2.24, 2.45) is 0 Å². The molecule has 0 aromatic heterocycles. The van der Waals surface area contributed by atoms with Gasteiger partial charge >= 0.3 is 0 Å². The zero-order chi connectivity index (χ0) is 11.6. The van der Waals surface area contributed by atoms with Gasteiger partial charge in [-0.15, -0.1) is 0 Å². The number of aliphatic hydroxyl groups is 1. The second-order valence-electron chi connectivity index (χ2n) is 3.53. The summed E-state index contributed by atoms with van der Waals surface area (Å²) in [5.74, 6) is -0.493. The van der Waals surface area contributed by atoms with E-state index in [9.17, 15) is 17.9 Å². The first kappa shape index (κ1) is 12.1. The van der Waals surface area contributed by atoms with Crippen LogP contribution in [0.2, 0.25) is 0 Å². The maximum Gasteiger partial charge on any atom is 0.152 e. The minimum absolute atomic E-state index is 0.271. The molecule has 0 aliphatic rings. The van der Waals surface area contributed by atoms with Crippen LogP contribution in [0.25, 0.3) is 0 Å². The van der Waals surface area contributed by atoms with Crippen LogP contribution in [0.3, 0.4) is 0 Å². The van der Waals surface area contributed by atoms with Crippen LogP contribution in [0.1, 0.15) is 18.6 Å². The van der Waals surface area contributed by atoms with E-state index in [1.165, 1.54) is 25.1 Å². The first-order valence-electron chi connectivity index (χ1n) is 4.45. The van der Waals surface area contributed by atoms with E-state index in [1.54, 1.807) is 0 Å². The fraction of sp³-hybridized carbons (Fsp3) is 0.400. The van der Waals surface area contributed by atoms with Gasteiger partial charge in [0, 0.05) is 6.26 Å². The SMILES string of the molecule is C[C@H]([C@H](O)c1cccc(F)c1)S(C)(=O)=O. The summed E-state index contributed by atoms with van der Waals surface area (Å²) in [6.45, 7) is 1.39. The van der Waals surface area contributed by atoms with Crippen molar-refractivity contribution in [2.75, 3.05) is 6.26 Å². The van der Waals surface area contributed by atoms with Gasteiger partial charge in [-0.25, -0.2) is 12.8 Å². The molecule has 0 amide bonds. The Morgan fingerprint density at radius 1 is 1.40 bits per heavy atom. The van der Waals surface area contributed by atoms with Crippen molar-refractivity contribution in [3.8, 4) is 0 Å². The predicted molar refractivity (Wildman–Crippen MR) is 55.7 cm³/mol. The number of benzene rings is 1. The molecule has 0 aliphatic carbocycles. The summed E-state index contributed by atoms with van der Waals surface area (Å²) in [4.78, 5) is 0. The molecule has 1 rings (SSSR count). The smallest absolute Gasteiger partial charge is 0.152 e. The maximum absolute atomic E-state index is 12.8. The molecule has 0 spiro atoms. The van der Waals surface area contributed by atoms with Crippen LogP contribution in [0.15, 0.2) is 24.3 Å². The number of aliphatic hydroxyl groups excluding tert-OH is 1. The predicted octanol–water partition coefficient (Wildman–Crippen LogP) is 1.29. The Hall–Kier alpha value is -0.940. The van der Waals surface area contributed by atoms with Gasteiger partial charge in [0.2, 0.25) is 0 Å². The average molecular weight is 232 g/mol. The molecule has 5 heteroatoms. The van der Waals surface area contributed by atoms with Crippen molar-refractivity contribution in [3.63, 3.8) is 0 Å². The highest BCUT2D eigenvalue weighted by molar-refractivity contribution is 7.91. The summed E-state index contributed by atoms with van der Waals surface area (Å²) in [6, 6.07) is 5.30. The van der Waals surface area contributed by atoms with Crippen LogP contribution in [0, 0.1) is 5.82 Å². The van der Waals surface area contributed by atoms with Crippen LogP contribution in [0.4, 0.5) is 4.39 Å². The van der Waals surface area contributed by atoms with E-state index in [-0.39, 0.29) is 5.56 Å². The van der Waals surface area contributed by atoms with Gasteiger partial charge < -0.3 is 5.11 Å². The van der Waals surface area contributed by atoms with Crippen LogP contribution in [0.5, 0.6) is 0 Å². The lowest BCUT2D eigenvalue weighted by atomic mass is 10.1. The van der Waals surface area contributed by atoms with Crippen molar-refractivity contribution in [1.29, 1.82) is 0 Å². The van der Waals surface area contributed by atoms with E-state index in [0.29, 0.717) is 0 Å². The third-order valence-electron chi connectivity index (χ3n) is 2.31. The van der Waals surface area contributed by atoms with Crippen LogP contribution in [-0.4, -0.2) is 25.0 Å². The van der Waals surface area contributed by atoms with E-state index in [4.69, 9.17) is 0 Å². The Morgan fingerprint density at radius 2 is 2.00 bits per heavy atom.